The molecule has 0 aliphatic carbocycles. The molecule has 0 unspecified atom stereocenters. The number of nitrogens with two attached hydrogens (primary N) is 1. The zero-order valence-corrected chi connectivity index (χ0v) is 11.6. The van der Waals surface area contributed by atoms with Crippen molar-refractivity contribution in [2.75, 3.05) is 13.6 Å². The normalized spacial score (nSPS) is 12.4. The maximum Gasteiger partial charge on any atom is 0.0941 e. The Balaban J connectivity index is 2.59. The lowest BCUT2D eigenvalue weighted by Crippen LogP contribution is -2.39. The summed E-state index contributed by atoms with van der Waals surface area (Å²) in [5.41, 5.74) is 6.92. The second kappa shape index (κ2) is 5.75. The summed E-state index contributed by atoms with van der Waals surface area (Å²) in [5, 5.41) is 3.30. The molecular formula is C12H23N3S. The molecule has 0 aromatic carbocycles. The van der Waals surface area contributed by atoms with Gasteiger partial charge in [0.1, 0.15) is 0 Å². The maximum absolute atomic E-state index is 5.52. The third-order valence-electron chi connectivity index (χ3n) is 3.26. The molecule has 0 radical (unpaired) electrons. The van der Waals surface area contributed by atoms with Gasteiger partial charge in [-0.05, 0) is 33.9 Å². The number of nitrogens with zero attached hydrogens (tertiary/aromatic N) is 2. The van der Waals surface area contributed by atoms with Crippen LogP contribution in [0.3, 0.4) is 0 Å². The summed E-state index contributed by atoms with van der Waals surface area (Å²) in [5.74, 6) is 0. The van der Waals surface area contributed by atoms with Crippen LogP contribution in [0.2, 0.25) is 0 Å². The first-order chi connectivity index (χ1) is 7.49. The van der Waals surface area contributed by atoms with E-state index in [0.717, 1.165) is 30.1 Å². The second-order valence-electron chi connectivity index (χ2n) is 4.79. The van der Waals surface area contributed by atoms with Crippen molar-refractivity contribution in [2.24, 2.45) is 5.73 Å². The topological polar surface area (TPSA) is 42.1 Å². The van der Waals surface area contributed by atoms with Crippen LogP contribution in [0.5, 0.6) is 0 Å². The van der Waals surface area contributed by atoms with Gasteiger partial charge in [0.05, 0.1) is 10.7 Å². The van der Waals surface area contributed by atoms with E-state index >= 15 is 0 Å². The molecule has 16 heavy (non-hydrogen) atoms. The standard InChI is InChI=1S/C12H23N3S/c1-5-12(2,3)15(4)8-10-9-16-11(14-10)6-7-13/h9H,5-8,13H2,1-4H3. The Kier molecular flexibility index (Phi) is 4.89. The Labute approximate surface area is 103 Å². The Bertz CT molecular complexity index is 320. The molecule has 0 amide bonds. The fourth-order valence-electron chi connectivity index (χ4n) is 1.39. The lowest BCUT2D eigenvalue weighted by Gasteiger charge is -2.34. The summed E-state index contributed by atoms with van der Waals surface area (Å²) in [6.45, 7) is 8.35. The fourth-order valence-corrected chi connectivity index (χ4v) is 2.19. The molecule has 1 heterocycles. The minimum Gasteiger partial charge on any atom is -0.330 e. The molecule has 3 nitrogen and oxygen atoms in total. The van der Waals surface area contributed by atoms with Gasteiger partial charge in [-0.2, -0.15) is 0 Å². The van der Waals surface area contributed by atoms with Crippen molar-refractivity contribution < 1.29 is 0 Å². The first-order valence-electron chi connectivity index (χ1n) is 5.84. The van der Waals surface area contributed by atoms with E-state index in [1.165, 1.54) is 0 Å². The average Bonchev–Trinajstić information content (AvgIpc) is 2.66. The van der Waals surface area contributed by atoms with Crippen molar-refractivity contribution in [2.45, 2.75) is 45.7 Å². The molecule has 0 saturated heterocycles. The lowest BCUT2D eigenvalue weighted by atomic mass is 10.00. The number of hydrogen-bond acceptors (Lipinski definition) is 4. The van der Waals surface area contributed by atoms with Crippen molar-refractivity contribution in [3.05, 3.63) is 16.1 Å². The number of hydrogen-bond donors (Lipinski definition) is 1. The van der Waals surface area contributed by atoms with Crippen molar-refractivity contribution in [3.8, 4) is 0 Å². The van der Waals surface area contributed by atoms with Crippen molar-refractivity contribution >= 4 is 11.3 Å². The molecule has 0 atom stereocenters. The van der Waals surface area contributed by atoms with Gasteiger partial charge in [-0.3, -0.25) is 4.90 Å². The van der Waals surface area contributed by atoms with E-state index < -0.39 is 0 Å². The van der Waals surface area contributed by atoms with Crippen LogP contribution < -0.4 is 5.73 Å². The summed E-state index contributed by atoms with van der Waals surface area (Å²) in [6, 6.07) is 0. The number of thiazole rings is 1. The summed E-state index contributed by atoms with van der Waals surface area (Å²) < 4.78 is 0. The van der Waals surface area contributed by atoms with Crippen LogP contribution in [0.4, 0.5) is 0 Å². The van der Waals surface area contributed by atoms with Crippen LogP contribution in [0.25, 0.3) is 0 Å². The van der Waals surface area contributed by atoms with Gasteiger partial charge in [0.25, 0.3) is 0 Å². The van der Waals surface area contributed by atoms with E-state index in [9.17, 15) is 0 Å². The molecule has 1 aromatic heterocycles. The highest BCUT2D eigenvalue weighted by atomic mass is 32.1. The van der Waals surface area contributed by atoms with E-state index in [1.54, 1.807) is 11.3 Å². The van der Waals surface area contributed by atoms with E-state index in [1.807, 2.05) is 0 Å². The quantitative estimate of drug-likeness (QED) is 0.830. The molecule has 92 valence electrons. The molecule has 0 aliphatic heterocycles. The monoisotopic (exact) mass is 241 g/mol. The SMILES string of the molecule is CCC(C)(C)N(C)Cc1csc(CCN)n1. The lowest BCUT2D eigenvalue weighted by molar-refractivity contribution is 0.141. The fraction of sp³-hybridized carbons (Fsp3) is 0.750. The Morgan fingerprint density at radius 2 is 2.19 bits per heavy atom. The summed E-state index contributed by atoms with van der Waals surface area (Å²) in [6.07, 6.45) is 2.04. The van der Waals surface area contributed by atoms with Crippen LogP contribution in [0.1, 0.15) is 37.9 Å². The van der Waals surface area contributed by atoms with Gasteiger partial charge in [0, 0.05) is 23.9 Å². The molecule has 0 fully saturated rings. The minimum atomic E-state index is 0.234. The van der Waals surface area contributed by atoms with Crippen LogP contribution in [-0.4, -0.2) is 29.0 Å². The molecular weight excluding hydrogens is 218 g/mol. The molecule has 0 bridgehead atoms. The van der Waals surface area contributed by atoms with E-state index in [0.29, 0.717) is 6.54 Å². The molecule has 1 rings (SSSR count). The van der Waals surface area contributed by atoms with Gasteiger partial charge in [-0.25, -0.2) is 4.98 Å². The third-order valence-corrected chi connectivity index (χ3v) is 4.21. The number of rotatable bonds is 6. The van der Waals surface area contributed by atoms with Gasteiger partial charge in [-0.15, -0.1) is 11.3 Å². The highest BCUT2D eigenvalue weighted by Crippen LogP contribution is 2.20. The first kappa shape index (κ1) is 13.6. The van der Waals surface area contributed by atoms with E-state index in [4.69, 9.17) is 5.73 Å². The third kappa shape index (κ3) is 3.54. The van der Waals surface area contributed by atoms with Crippen LogP contribution in [-0.2, 0) is 13.0 Å². The van der Waals surface area contributed by atoms with Crippen molar-refractivity contribution in [1.82, 2.24) is 9.88 Å². The second-order valence-corrected chi connectivity index (χ2v) is 5.74. The summed E-state index contributed by atoms with van der Waals surface area (Å²) in [4.78, 5) is 6.94. The largest absolute Gasteiger partial charge is 0.330 e. The first-order valence-corrected chi connectivity index (χ1v) is 6.72. The Hall–Kier alpha value is -0.450. The van der Waals surface area contributed by atoms with E-state index in [-0.39, 0.29) is 5.54 Å². The molecule has 0 aliphatic rings. The Morgan fingerprint density at radius 3 is 2.75 bits per heavy atom. The molecule has 1 aromatic rings. The molecule has 0 spiro atoms. The smallest absolute Gasteiger partial charge is 0.0941 e. The average molecular weight is 241 g/mol. The van der Waals surface area contributed by atoms with Crippen LogP contribution in [0.15, 0.2) is 5.38 Å². The Morgan fingerprint density at radius 1 is 1.50 bits per heavy atom. The van der Waals surface area contributed by atoms with Gasteiger partial charge in [0.2, 0.25) is 0 Å². The van der Waals surface area contributed by atoms with Crippen LogP contribution in [0, 0.1) is 0 Å². The molecule has 2 N–H and O–H groups in total. The van der Waals surface area contributed by atoms with Gasteiger partial charge in [0.15, 0.2) is 0 Å². The number of aromatic nitrogens is 1. The van der Waals surface area contributed by atoms with Crippen molar-refractivity contribution in [3.63, 3.8) is 0 Å². The summed E-state index contributed by atoms with van der Waals surface area (Å²) in [7, 11) is 2.16. The summed E-state index contributed by atoms with van der Waals surface area (Å²) >= 11 is 1.72. The maximum atomic E-state index is 5.52. The molecule has 4 heteroatoms. The highest BCUT2D eigenvalue weighted by molar-refractivity contribution is 7.09. The predicted octanol–water partition coefficient (Wildman–Crippen LogP) is 2.26. The van der Waals surface area contributed by atoms with Gasteiger partial charge >= 0.3 is 0 Å². The van der Waals surface area contributed by atoms with Crippen molar-refractivity contribution in [1.29, 1.82) is 0 Å². The predicted molar refractivity (Wildman–Crippen MR) is 70.7 cm³/mol. The van der Waals surface area contributed by atoms with Gasteiger partial charge < -0.3 is 5.73 Å². The van der Waals surface area contributed by atoms with Gasteiger partial charge in [-0.1, -0.05) is 6.92 Å². The highest BCUT2D eigenvalue weighted by Gasteiger charge is 2.21. The van der Waals surface area contributed by atoms with Crippen LogP contribution >= 0.6 is 11.3 Å². The zero-order valence-electron chi connectivity index (χ0n) is 10.8. The zero-order chi connectivity index (χ0) is 12.2. The molecule has 0 saturated carbocycles. The van der Waals surface area contributed by atoms with E-state index in [2.05, 4.69) is 43.1 Å². The minimum absolute atomic E-state index is 0.234.